The molecule has 110 valence electrons. The molecule has 0 atom stereocenters. The summed E-state index contributed by atoms with van der Waals surface area (Å²) in [7, 11) is 0. The molecule has 1 rings (SSSR count). The van der Waals surface area contributed by atoms with E-state index in [2.05, 4.69) is 5.32 Å². The van der Waals surface area contributed by atoms with Crippen molar-refractivity contribution in [1.82, 2.24) is 0 Å². The average molecular weight is 307 g/mol. The van der Waals surface area contributed by atoms with Crippen molar-refractivity contribution in [1.29, 1.82) is 0 Å². The minimum absolute atomic E-state index is 0.0291. The largest absolute Gasteiger partial charge is 0.481 e. The summed E-state index contributed by atoms with van der Waals surface area (Å²) >= 11 is -0.233. The molecule has 20 heavy (non-hydrogen) atoms. The highest BCUT2D eigenvalue weighted by Gasteiger charge is 2.28. The third-order valence-corrected chi connectivity index (χ3v) is 2.91. The van der Waals surface area contributed by atoms with Gasteiger partial charge in [0.25, 0.3) is 0 Å². The molecule has 1 amide bonds. The van der Waals surface area contributed by atoms with Gasteiger partial charge in [0.2, 0.25) is 5.91 Å². The molecule has 4 nitrogen and oxygen atoms in total. The Morgan fingerprint density at radius 3 is 2.25 bits per heavy atom. The molecular formula is C12H12F3NO3S. The highest BCUT2D eigenvalue weighted by atomic mass is 32.2. The SMILES string of the molecule is O=C(O)CCCC(=O)Nc1ccc(SC(F)(F)F)cc1. The van der Waals surface area contributed by atoms with Gasteiger partial charge in [-0.3, -0.25) is 9.59 Å². The first-order valence-corrected chi connectivity index (χ1v) is 6.45. The Bertz CT molecular complexity index is 474. The standard InChI is InChI=1S/C12H12F3NO3S/c13-12(14,15)20-9-6-4-8(5-7-9)16-10(17)2-1-3-11(18)19/h4-7H,1-3H2,(H,16,17)(H,18,19). The molecule has 0 aliphatic carbocycles. The Morgan fingerprint density at radius 2 is 1.75 bits per heavy atom. The minimum Gasteiger partial charge on any atom is -0.481 e. The Kier molecular flexibility index (Phi) is 5.87. The number of nitrogens with one attached hydrogen (secondary N) is 1. The van der Waals surface area contributed by atoms with E-state index in [1.807, 2.05) is 0 Å². The first kappa shape index (κ1) is 16.4. The number of carboxylic acid groups (broad SMARTS) is 1. The number of thioether (sulfide) groups is 1. The van der Waals surface area contributed by atoms with Crippen LogP contribution in [0.4, 0.5) is 18.9 Å². The molecule has 0 fully saturated rings. The van der Waals surface area contributed by atoms with Crippen molar-refractivity contribution < 1.29 is 27.9 Å². The second-order valence-corrected chi connectivity index (χ2v) is 5.01. The number of aliphatic carboxylic acids is 1. The van der Waals surface area contributed by atoms with Crippen LogP contribution >= 0.6 is 11.8 Å². The van der Waals surface area contributed by atoms with E-state index >= 15 is 0 Å². The zero-order chi connectivity index (χ0) is 15.2. The van der Waals surface area contributed by atoms with Gasteiger partial charge >= 0.3 is 11.5 Å². The summed E-state index contributed by atoms with van der Waals surface area (Å²) in [5.74, 6) is -1.35. The maximum atomic E-state index is 12.1. The van der Waals surface area contributed by atoms with Crippen molar-refractivity contribution in [3.63, 3.8) is 0 Å². The van der Waals surface area contributed by atoms with Gasteiger partial charge in [0.15, 0.2) is 0 Å². The summed E-state index contributed by atoms with van der Waals surface area (Å²) < 4.78 is 36.3. The average Bonchev–Trinajstić information content (AvgIpc) is 2.29. The Morgan fingerprint density at radius 1 is 1.15 bits per heavy atom. The number of anilines is 1. The monoisotopic (exact) mass is 307 g/mol. The maximum Gasteiger partial charge on any atom is 0.446 e. The minimum atomic E-state index is -4.35. The van der Waals surface area contributed by atoms with Crippen molar-refractivity contribution in [2.24, 2.45) is 0 Å². The molecule has 0 spiro atoms. The van der Waals surface area contributed by atoms with Gasteiger partial charge in [-0.15, -0.1) is 0 Å². The summed E-state index contributed by atoms with van der Waals surface area (Å²) in [4.78, 5) is 21.7. The molecule has 2 N–H and O–H groups in total. The predicted molar refractivity (Wildman–Crippen MR) is 68.5 cm³/mol. The topological polar surface area (TPSA) is 66.4 Å². The van der Waals surface area contributed by atoms with Crippen LogP contribution in [0.25, 0.3) is 0 Å². The van der Waals surface area contributed by atoms with Crippen LogP contribution < -0.4 is 5.32 Å². The number of benzene rings is 1. The lowest BCUT2D eigenvalue weighted by Crippen LogP contribution is -2.11. The van der Waals surface area contributed by atoms with E-state index in [9.17, 15) is 22.8 Å². The summed E-state index contributed by atoms with van der Waals surface area (Å²) in [5.41, 5.74) is -3.97. The second-order valence-electron chi connectivity index (χ2n) is 3.87. The third-order valence-electron chi connectivity index (χ3n) is 2.17. The van der Waals surface area contributed by atoms with E-state index in [0.29, 0.717) is 5.69 Å². The molecule has 0 aliphatic heterocycles. The summed E-state index contributed by atoms with van der Waals surface area (Å²) in [6.07, 6.45) is 0.156. The number of carboxylic acids is 1. The predicted octanol–water partition coefficient (Wildman–Crippen LogP) is 3.49. The van der Waals surface area contributed by atoms with Crippen molar-refractivity contribution in [3.8, 4) is 0 Å². The van der Waals surface area contributed by atoms with Crippen LogP contribution in [0.1, 0.15) is 19.3 Å². The van der Waals surface area contributed by atoms with Crippen molar-refractivity contribution >= 4 is 29.3 Å². The lowest BCUT2D eigenvalue weighted by atomic mass is 10.2. The number of alkyl halides is 3. The molecule has 0 bridgehead atoms. The van der Waals surface area contributed by atoms with Crippen molar-refractivity contribution in [2.45, 2.75) is 29.7 Å². The highest BCUT2D eigenvalue weighted by Crippen LogP contribution is 2.36. The summed E-state index contributed by atoms with van der Waals surface area (Å²) in [6.45, 7) is 0. The van der Waals surface area contributed by atoms with Gasteiger partial charge < -0.3 is 10.4 Å². The number of hydrogen-bond donors (Lipinski definition) is 2. The third kappa shape index (κ3) is 7.03. The molecule has 0 radical (unpaired) electrons. The van der Waals surface area contributed by atoms with E-state index in [1.165, 1.54) is 24.3 Å². The molecule has 1 aromatic rings. The van der Waals surface area contributed by atoms with Crippen LogP contribution in [0.15, 0.2) is 29.2 Å². The van der Waals surface area contributed by atoms with Crippen LogP contribution in [0.3, 0.4) is 0 Å². The Balaban J connectivity index is 2.45. The lowest BCUT2D eigenvalue weighted by Gasteiger charge is -2.07. The molecular weight excluding hydrogens is 295 g/mol. The molecule has 0 aliphatic rings. The Labute approximate surface area is 117 Å². The number of rotatable bonds is 6. The molecule has 0 saturated carbocycles. The first-order chi connectivity index (χ1) is 9.26. The zero-order valence-corrected chi connectivity index (χ0v) is 11.1. The molecule has 0 heterocycles. The van der Waals surface area contributed by atoms with Gasteiger partial charge in [0.1, 0.15) is 0 Å². The van der Waals surface area contributed by atoms with E-state index in [-0.39, 0.29) is 41.8 Å². The van der Waals surface area contributed by atoms with Crippen molar-refractivity contribution in [3.05, 3.63) is 24.3 Å². The number of carbonyl (C=O) groups excluding carboxylic acids is 1. The van der Waals surface area contributed by atoms with Crippen LogP contribution in [0.2, 0.25) is 0 Å². The number of amides is 1. The van der Waals surface area contributed by atoms with Gasteiger partial charge in [-0.05, 0) is 42.4 Å². The molecule has 0 unspecified atom stereocenters. The number of hydrogen-bond acceptors (Lipinski definition) is 3. The number of carbonyl (C=O) groups is 2. The van der Waals surface area contributed by atoms with E-state index in [4.69, 9.17) is 5.11 Å². The van der Waals surface area contributed by atoms with Crippen LogP contribution in [0, 0.1) is 0 Å². The fourth-order valence-corrected chi connectivity index (χ4v) is 1.90. The summed E-state index contributed by atoms with van der Waals surface area (Å²) in [6, 6.07) is 5.24. The van der Waals surface area contributed by atoms with Crippen LogP contribution in [-0.4, -0.2) is 22.5 Å². The fourth-order valence-electron chi connectivity index (χ4n) is 1.36. The van der Waals surface area contributed by atoms with Gasteiger partial charge in [-0.2, -0.15) is 13.2 Å². The first-order valence-electron chi connectivity index (χ1n) is 5.64. The van der Waals surface area contributed by atoms with E-state index in [1.54, 1.807) is 0 Å². The second kappa shape index (κ2) is 7.18. The number of halogens is 3. The smallest absolute Gasteiger partial charge is 0.446 e. The van der Waals surface area contributed by atoms with Gasteiger partial charge in [0.05, 0.1) is 0 Å². The van der Waals surface area contributed by atoms with E-state index < -0.39 is 11.5 Å². The van der Waals surface area contributed by atoms with Gasteiger partial charge in [-0.1, -0.05) is 0 Å². The molecule has 8 heteroatoms. The lowest BCUT2D eigenvalue weighted by molar-refractivity contribution is -0.137. The van der Waals surface area contributed by atoms with Gasteiger partial charge in [0, 0.05) is 23.4 Å². The quantitative estimate of drug-likeness (QED) is 0.790. The Hall–Kier alpha value is -1.70. The fraction of sp³-hybridized carbons (Fsp3) is 0.333. The van der Waals surface area contributed by atoms with Crippen LogP contribution in [-0.2, 0) is 9.59 Å². The molecule has 1 aromatic carbocycles. The normalized spacial score (nSPS) is 11.2. The van der Waals surface area contributed by atoms with E-state index in [0.717, 1.165) is 0 Å². The maximum absolute atomic E-state index is 12.1. The zero-order valence-electron chi connectivity index (χ0n) is 10.2. The van der Waals surface area contributed by atoms with Crippen LogP contribution in [0.5, 0.6) is 0 Å². The summed E-state index contributed by atoms with van der Waals surface area (Å²) in [5, 5.41) is 10.9. The molecule has 0 aromatic heterocycles. The van der Waals surface area contributed by atoms with Crippen molar-refractivity contribution in [2.75, 3.05) is 5.32 Å². The van der Waals surface area contributed by atoms with Gasteiger partial charge in [-0.25, -0.2) is 0 Å². The molecule has 0 saturated heterocycles. The highest BCUT2D eigenvalue weighted by molar-refractivity contribution is 8.00.